The Morgan fingerprint density at radius 3 is 2.42 bits per heavy atom. The van der Waals surface area contributed by atoms with Gasteiger partial charge in [0.1, 0.15) is 5.57 Å². The number of imide groups is 2. The Labute approximate surface area is 183 Å². The molecule has 1 aliphatic heterocycles. The van der Waals surface area contributed by atoms with Crippen LogP contribution in [0.4, 0.5) is 10.5 Å². The quantitative estimate of drug-likeness (QED) is 0.316. The van der Waals surface area contributed by atoms with Crippen LogP contribution in [0.3, 0.4) is 0 Å². The lowest BCUT2D eigenvalue weighted by atomic mass is 10.1. The molecule has 0 radical (unpaired) electrons. The fourth-order valence-corrected chi connectivity index (χ4v) is 2.94. The minimum absolute atomic E-state index is 0.195. The lowest BCUT2D eigenvalue weighted by Crippen LogP contribution is -2.54. The number of hydrogen-bond acceptors (Lipinski definition) is 6. The molecular weight excluding hydrogens is 424 g/mol. The van der Waals surface area contributed by atoms with Gasteiger partial charge in [0.05, 0.1) is 12.3 Å². The van der Waals surface area contributed by atoms with Crippen LogP contribution in [0.1, 0.15) is 25.8 Å². The van der Waals surface area contributed by atoms with Crippen molar-refractivity contribution in [3.8, 4) is 11.5 Å². The standard InChI is InChI=1S/C22H19ClN2O6/c1-3-19(26)31-17-10-5-13(12-18(17)30-4-2)11-16-20(27)24-22(29)25(21(16)28)15-8-6-14(23)7-9-15/h5-12H,3-4H2,1-2H3,(H,24,27,29)/b16-11-. The number of barbiturate groups is 1. The Balaban J connectivity index is 1.97. The second-order valence-electron chi connectivity index (χ2n) is 6.40. The van der Waals surface area contributed by atoms with Gasteiger partial charge in [-0.2, -0.15) is 0 Å². The number of esters is 1. The molecule has 31 heavy (non-hydrogen) atoms. The van der Waals surface area contributed by atoms with Gasteiger partial charge in [0.25, 0.3) is 11.8 Å². The molecule has 1 heterocycles. The van der Waals surface area contributed by atoms with Crippen molar-refractivity contribution >= 4 is 47.2 Å². The normalized spacial score (nSPS) is 15.1. The molecule has 2 aromatic rings. The lowest BCUT2D eigenvalue weighted by Gasteiger charge is -2.26. The molecule has 1 aliphatic rings. The molecule has 0 aliphatic carbocycles. The summed E-state index contributed by atoms with van der Waals surface area (Å²) in [5.74, 6) is -1.51. The molecule has 160 valence electrons. The number of nitrogens with zero attached hydrogens (tertiary/aromatic N) is 1. The maximum absolute atomic E-state index is 12.9. The van der Waals surface area contributed by atoms with Crippen molar-refractivity contribution in [2.75, 3.05) is 11.5 Å². The van der Waals surface area contributed by atoms with Gasteiger partial charge < -0.3 is 9.47 Å². The first kappa shape index (κ1) is 22.0. The van der Waals surface area contributed by atoms with E-state index in [-0.39, 0.29) is 29.2 Å². The molecule has 4 amide bonds. The molecule has 1 fully saturated rings. The van der Waals surface area contributed by atoms with E-state index >= 15 is 0 Å². The third kappa shape index (κ3) is 4.92. The molecule has 2 aromatic carbocycles. The Bertz CT molecular complexity index is 1080. The molecule has 0 unspecified atom stereocenters. The van der Waals surface area contributed by atoms with Gasteiger partial charge in [-0.25, -0.2) is 9.69 Å². The topological polar surface area (TPSA) is 102 Å². The van der Waals surface area contributed by atoms with Gasteiger partial charge in [0.2, 0.25) is 0 Å². The number of carbonyl (C=O) groups excluding carboxylic acids is 4. The van der Waals surface area contributed by atoms with Gasteiger partial charge >= 0.3 is 12.0 Å². The van der Waals surface area contributed by atoms with Gasteiger partial charge in [0, 0.05) is 11.4 Å². The number of rotatable bonds is 6. The van der Waals surface area contributed by atoms with E-state index in [9.17, 15) is 19.2 Å². The number of nitrogens with one attached hydrogen (secondary N) is 1. The van der Waals surface area contributed by atoms with Crippen LogP contribution >= 0.6 is 11.6 Å². The SMILES string of the molecule is CCOc1cc(/C=C2/C(=O)NC(=O)N(c3ccc(Cl)cc3)C2=O)ccc1OC(=O)CC. The van der Waals surface area contributed by atoms with Crippen LogP contribution in [-0.2, 0) is 14.4 Å². The van der Waals surface area contributed by atoms with Crippen molar-refractivity contribution in [1.82, 2.24) is 5.32 Å². The van der Waals surface area contributed by atoms with E-state index in [1.54, 1.807) is 26.0 Å². The van der Waals surface area contributed by atoms with Crippen molar-refractivity contribution in [2.24, 2.45) is 0 Å². The van der Waals surface area contributed by atoms with Crippen LogP contribution in [0.15, 0.2) is 48.0 Å². The molecule has 9 heteroatoms. The summed E-state index contributed by atoms with van der Waals surface area (Å²) in [6.07, 6.45) is 1.53. The second-order valence-corrected chi connectivity index (χ2v) is 6.84. The predicted octanol–water partition coefficient (Wildman–Crippen LogP) is 3.72. The Morgan fingerprint density at radius 1 is 1.06 bits per heavy atom. The van der Waals surface area contributed by atoms with E-state index in [4.69, 9.17) is 21.1 Å². The molecule has 8 nitrogen and oxygen atoms in total. The molecule has 1 saturated heterocycles. The first-order chi connectivity index (χ1) is 14.8. The van der Waals surface area contributed by atoms with E-state index < -0.39 is 23.8 Å². The number of benzene rings is 2. The van der Waals surface area contributed by atoms with Gasteiger partial charge in [-0.1, -0.05) is 24.6 Å². The number of halogens is 1. The third-order valence-electron chi connectivity index (χ3n) is 4.28. The zero-order valence-electron chi connectivity index (χ0n) is 16.8. The Kier molecular flexibility index (Phi) is 6.71. The van der Waals surface area contributed by atoms with Crippen LogP contribution in [0.25, 0.3) is 6.08 Å². The molecular formula is C22H19ClN2O6. The Hall–Kier alpha value is -3.65. The van der Waals surface area contributed by atoms with Gasteiger partial charge in [-0.05, 0) is 55.0 Å². The minimum atomic E-state index is -0.855. The summed E-state index contributed by atoms with van der Waals surface area (Å²) in [5.41, 5.74) is 0.473. The number of anilines is 1. The maximum atomic E-state index is 12.9. The lowest BCUT2D eigenvalue weighted by molar-refractivity contribution is -0.134. The Morgan fingerprint density at radius 2 is 1.77 bits per heavy atom. The number of amides is 4. The van der Waals surface area contributed by atoms with Crippen LogP contribution in [-0.4, -0.2) is 30.4 Å². The highest BCUT2D eigenvalue weighted by Gasteiger charge is 2.36. The van der Waals surface area contributed by atoms with Crippen molar-refractivity contribution in [3.63, 3.8) is 0 Å². The molecule has 0 aromatic heterocycles. The number of ether oxygens (including phenoxy) is 2. The first-order valence-electron chi connectivity index (χ1n) is 9.48. The van der Waals surface area contributed by atoms with Crippen molar-refractivity contribution < 1.29 is 28.7 Å². The van der Waals surface area contributed by atoms with Gasteiger partial charge in [0.15, 0.2) is 11.5 Å². The van der Waals surface area contributed by atoms with Crippen LogP contribution in [0.5, 0.6) is 11.5 Å². The average Bonchev–Trinajstić information content (AvgIpc) is 2.74. The van der Waals surface area contributed by atoms with Crippen LogP contribution in [0, 0.1) is 0 Å². The van der Waals surface area contributed by atoms with E-state index in [2.05, 4.69) is 5.32 Å². The van der Waals surface area contributed by atoms with Crippen molar-refractivity contribution in [3.05, 3.63) is 58.6 Å². The highest BCUT2D eigenvalue weighted by molar-refractivity contribution is 6.39. The van der Waals surface area contributed by atoms with E-state index in [1.807, 2.05) is 0 Å². The maximum Gasteiger partial charge on any atom is 0.335 e. The fraction of sp³-hybridized carbons (Fsp3) is 0.182. The summed E-state index contributed by atoms with van der Waals surface area (Å²) in [7, 11) is 0. The smallest absolute Gasteiger partial charge is 0.335 e. The molecule has 1 N–H and O–H groups in total. The minimum Gasteiger partial charge on any atom is -0.490 e. The largest absolute Gasteiger partial charge is 0.490 e. The summed E-state index contributed by atoms with van der Waals surface area (Å²) < 4.78 is 10.8. The molecule has 0 atom stereocenters. The van der Waals surface area contributed by atoms with Crippen LogP contribution < -0.4 is 19.7 Å². The molecule has 3 rings (SSSR count). The molecule has 0 spiro atoms. The van der Waals surface area contributed by atoms with Gasteiger partial charge in [-0.3, -0.25) is 19.7 Å². The fourth-order valence-electron chi connectivity index (χ4n) is 2.81. The number of urea groups is 1. The van der Waals surface area contributed by atoms with Crippen molar-refractivity contribution in [2.45, 2.75) is 20.3 Å². The van der Waals surface area contributed by atoms with E-state index in [0.29, 0.717) is 17.2 Å². The number of hydrogen-bond donors (Lipinski definition) is 1. The summed E-state index contributed by atoms with van der Waals surface area (Å²) >= 11 is 5.86. The summed E-state index contributed by atoms with van der Waals surface area (Å²) in [4.78, 5) is 50.0. The van der Waals surface area contributed by atoms with Crippen LogP contribution in [0.2, 0.25) is 5.02 Å². The predicted molar refractivity (Wildman–Crippen MR) is 114 cm³/mol. The molecule has 0 saturated carbocycles. The van der Waals surface area contributed by atoms with Gasteiger partial charge in [-0.15, -0.1) is 0 Å². The summed E-state index contributed by atoms with van der Waals surface area (Å²) in [6, 6.07) is 9.82. The zero-order valence-corrected chi connectivity index (χ0v) is 17.6. The number of carbonyl (C=O) groups is 4. The average molecular weight is 443 g/mol. The molecule has 0 bridgehead atoms. The second kappa shape index (κ2) is 9.44. The third-order valence-corrected chi connectivity index (χ3v) is 4.53. The zero-order chi connectivity index (χ0) is 22.5. The first-order valence-corrected chi connectivity index (χ1v) is 9.86. The highest BCUT2D eigenvalue weighted by Crippen LogP contribution is 2.30. The monoisotopic (exact) mass is 442 g/mol. The van der Waals surface area contributed by atoms with E-state index in [0.717, 1.165) is 4.90 Å². The summed E-state index contributed by atoms with van der Waals surface area (Å²) in [6.45, 7) is 3.75. The summed E-state index contributed by atoms with van der Waals surface area (Å²) in [5, 5.41) is 2.59. The highest BCUT2D eigenvalue weighted by atomic mass is 35.5. The van der Waals surface area contributed by atoms with E-state index in [1.165, 1.54) is 36.4 Å². The van der Waals surface area contributed by atoms with Crippen molar-refractivity contribution in [1.29, 1.82) is 0 Å².